The quantitative estimate of drug-likeness (QED) is 0.565. The van der Waals surface area contributed by atoms with Crippen molar-refractivity contribution >= 4 is 45.8 Å². The molecule has 0 spiro atoms. The number of alkyl halides is 1. The molecular weight excluding hydrogens is 327 g/mol. The molecule has 3 rings (SSSR count). The van der Waals surface area contributed by atoms with E-state index in [0.29, 0.717) is 15.9 Å². The molecule has 0 aliphatic heterocycles. The van der Waals surface area contributed by atoms with Gasteiger partial charge in [-0.2, -0.15) is 0 Å². The van der Waals surface area contributed by atoms with Gasteiger partial charge in [-0.3, -0.25) is 4.57 Å². The molecule has 0 bridgehead atoms. The van der Waals surface area contributed by atoms with Gasteiger partial charge in [0.25, 0.3) is 0 Å². The van der Waals surface area contributed by atoms with Crippen molar-refractivity contribution in [3.05, 3.63) is 57.8 Å². The van der Waals surface area contributed by atoms with E-state index in [1.165, 1.54) is 5.56 Å². The molecule has 0 saturated heterocycles. The molecule has 0 fully saturated rings. The largest absolute Gasteiger partial charge is 0.295 e. The first-order chi connectivity index (χ1) is 10.1. The summed E-state index contributed by atoms with van der Waals surface area (Å²) in [5.74, 6) is 1.09. The van der Waals surface area contributed by atoms with E-state index in [9.17, 15) is 0 Å². The van der Waals surface area contributed by atoms with E-state index >= 15 is 0 Å². The maximum Gasteiger partial charge on any atom is 0.129 e. The van der Waals surface area contributed by atoms with E-state index in [0.717, 1.165) is 29.0 Å². The van der Waals surface area contributed by atoms with Gasteiger partial charge in [-0.1, -0.05) is 42.3 Å². The zero-order valence-electron chi connectivity index (χ0n) is 11.4. The Kier molecular flexibility index (Phi) is 4.12. The van der Waals surface area contributed by atoms with Gasteiger partial charge in [-0.15, -0.1) is 11.6 Å². The van der Waals surface area contributed by atoms with Crippen LogP contribution in [-0.4, -0.2) is 9.55 Å². The van der Waals surface area contributed by atoms with Crippen molar-refractivity contribution in [1.29, 1.82) is 0 Å². The first-order valence-electron chi connectivity index (χ1n) is 6.65. The number of imidazole rings is 1. The van der Waals surface area contributed by atoms with E-state index in [4.69, 9.17) is 34.8 Å². The first kappa shape index (κ1) is 14.7. The highest BCUT2D eigenvalue weighted by Gasteiger charge is 2.13. The molecule has 0 amide bonds. The SMILES string of the molecule is CCc1ccc(-n2c(CCl)nc3cc(Cl)c(Cl)cc32)cc1. The van der Waals surface area contributed by atoms with Gasteiger partial charge in [0, 0.05) is 5.69 Å². The molecule has 0 saturated carbocycles. The van der Waals surface area contributed by atoms with Gasteiger partial charge in [-0.25, -0.2) is 4.98 Å². The molecule has 21 heavy (non-hydrogen) atoms. The molecule has 1 heterocycles. The highest BCUT2D eigenvalue weighted by atomic mass is 35.5. The summed E-state index contributed by atoms with van der Waals surface area (Å²) < 4.78 is 2.02. The van der Waals surface area contributed by atoms with Gasteiger partial charge in [0.15, 0.2) is 0 Å². The number of nitrogens with zero attached hydrogens (tertiary/aromatic N) is 2. The fraction of sp³-hybridized carbons (Fsp3) is 0.188. The van der Waals surface area contributed by atoms with Crippen molar-refractivity contribution < 1.29 is 0 Å². The van der Waals surface area contributed by atoms with Crippen molar-refractivity contribution in [3.8, 4) is 5.69 Å². The third-order valence-corrected chi connectivity index (χ3v) is 4.45. The lowest BCUT2D eigenvalue weighted by Crippen LogP contribution is -1.99. The minimum absolute atomic E-state index is 0.319. The average Bonchev–Trinajstić information content (AvgIpc) is 2.85. The molecule has 0 aliphatic rings. The minimum Gasteiger partial charge on any atom is -0.295 e. The van der Waals surface area contributed by atoms with Crippen molar-refractivity contribution in [3.63, 3.8) is 0 Å². The van der Waals surface area contributed by atoms with Crippen LogP contribution in [0.1, 0.15) is 18.3 Å². The van der Waals surface area contributed by atoms with E-state index in [-0.39, 0.29) is 0 Å². The first-order valence-corrected chi connectivity index (χ1v) is 7.94. The Labute approximate surface area is 138 Å². The van der Waals surface area contributed by atoms with Crippen LogP contribution in [0.5, 0.6) is 0 Å². The molecule has 1 aromatic heterocycles. The Morgan fingerprint density at radius 1 is 1.05 bits per heavy atom. The second kappa shape index (κ2) is 5.88. The van der Waals surface area contributed by atoms with Crippen LogP contribution in [0.25, 0.3) is 16.7 Å². The third kappa shape index (κ3) is 2.64. The number of hydrogen-bond acceptors (Lipinski definition) is 1. The van der Waals surface area contributed by atoms with Gasteiger partial charge >= 0.3 is 0 Å². The molecule has 0 atom stereocenters. The van der Waals surface area contributed by atoms with Crippen LogP contribution in [0.2, 0.25) is 10.0 Å². The highest BCUT2D eigenvalue weighted by Crippen LogP contribution is 2.30. The second-order valence-corrected chi connectivity index (χ2v) is 5.85. The average molecular weight is 340 g/mol. The van der Waals surface area contributed by atoms with Crippen LogP contribution in [0.3, 0.4) is 0 Å². The van der Waals surface area contributed by atoms with Crippen molar-refractivity contribution in [1.82, 2.24) is 9.55 Å². The minimum atomic E-state index is 0.319. The van der Waals surface area contributed by atoms with E-state index in [1.807, 2.05) is 10.6 Å². The molecule has 2 nitrogen and oxygen atoms in total. The lowest BCUT2D eigenvalue weighted by atomic mass is 10.1. The van der Waals surface area contributed by atoms with Crippen LogP contribution < -0.4 is 0 Å². The Balaban J connectivity index is 2.25. The number of rotatable bonds is 3. The number of hydrogen-bond donors (Lipinski definition) is 0. The fourth-order valence-electron chi connectivity index (χ4n) is 2.38. The van der Waals surface area contributed by atoms with Crippen LogP contribution in [0.4, 0.5) is 0 Å². The van der Waals surface area contributed by atoms with Crippen LogP contribution >= 0.6 is 34.8 Å². The number of aromatic nitrogens is 2. The maximum atomic E-state index is 6.14. The van der Waals surface area contributed by atoms with E-state index < -0.39 is 0 Å². The van der Waals surface area contributed by atoms with Crippen LogP contribution in [0.15, 0.2) is 36.4 Å². The van der Waals surface area contributed by atoms with Crippen LogP contribution in [0, 0.1) is 0 Å². The standard InChI is InChI=1S/C16H13Cl3N2/c1-2-10-3-5-11(6-4-10)21-15-8-13(19)12(18)7-14(15)20-16(21)9-17/h3-8H,2,9H2,1H3. The summed E-state index contributed by atoms with van der Waals surface area (Å²) in [5.41, 5.74) is 4.00. The Morgan fingerprint density at radius 3 is 2.33 bits per heavy atom. The van der Waals surface area contributed by atoms with Crippen molar-refractivity contribution in [2.75, 3.05) is 0 Å². The lowest BCUT2D eigenvalue weighted by Gasteiger charge is -2.09. The van der Waals surface area contributed by atoms with Crippen molar-refractivity contribution in [2.24, 2.45) is 0 Å². The fourth-order valence-corrected chi connectivity index (χ4v) is 2.88. The van der Waals surface area contributed by atoms with Crippen LogP contribution in [-0.2, 0) is 12.3 Å². The van der Waals surface area contributed by atoms with Gasteiger partial charge in [-0.05, 0) is 36.2 Å². The number of halogens is 3. The lowest BCUT2D eigenvalue weighted by molar-refractivity contribution is 0.979. The summed E-state index contributed by atoms with van der Waals surface area (Å²) in [6.07, 6.45) is 1.01. The smallest absolute Gasteiger partial charge is 0.129 e. The van der Waals surface area contributed by atoms with E-state index in [1.54, 1.807) is 6.07 Å². The Hall–Kier alpha value is -1.22. The topological polar surface area (TPSA) is 17.8 Å². The number of fused-ring (bicyclic) bond motifs is 1. The normalized spacial score (nSPS) is 11.2. The predicted molar refractivity (Wildman–Crippen MR) is 90.0 cm³/mol. The van der Waals surface area contributed by atoms with E-state index in [2.05, 4.69) is 36.2 Å². The molecule has 2 aromatic carbocycles. The molecule has 0 unspecified atom stereocenters. The highest BCUT2D eigenvalue weighted by molar-refractivity contribution is 6.42. The van der Waals surface area contributed by atoms with Gasteiger partial charge < -0.3 is 0 Å². The summed E-state index contributed by atoms with van der Waals surface area (Å²) in [6, 6.07) is 12.0. The number of aryl methyl sites for hydroxylation is 1. The molecule has 0 radical (unpaired) electrons. The second-order valence-electron chi connectivity index (χ2n) is 4.77. The summed E-state index contributed by atoms with van der Waals surface area (Å²) in [7, 11) is 0. The molecular formula is C16H13Cl3N2. The number of benzene rings is 2. The van der Waals surface area contributed by atoms with Gasteiger partial charge in [0.1, 0.15) is 5.82 Å². The summed E-state index contributed by atoms with van der Waals surface area (Å²) in [4.78, 5) is 4.54. The maximum absolute atomic E-state index is 6.14. The molecule has 0 N–H and O–H groups in total. The summed E-state index contributed by atoms with van der Waals surface area (Å²) >= 11 is 18.2. The molecule has 108 valence electrons. The Morgan fingerprint density at radius 2 is 1.71 bits per heavy atom. The van der Waals surface area contributed by atoms with Crippen molar-refractivity contribution in [2.45, 2.75) is 19.2 Å². The zero-order valence-corrected chi connectivity index (χ0v) is 13.7. The molecule has 0 aliphatic carbocycles. The monoisotopic (exact) mass is 338 g/mol. The summed E-state index contributed by atoms with van der Waals surface area (Å²) in [6.45, 7) is 2.13. The Bertz CT molecular complexity index is 791. The molecule has 3 aromatic rings. The third-order valence-electron chi connectivity index (χ3n) is 3.49. The van der Waals surface area contributed by atoms with Gasteiger partial charge in [0.2, 0.25) is 0 Å². The zero-order chi connectivity index (χ0) is 15.0. The molecule has 5 heteroatoms. The van der Waals surface area contributed by atoms with Gasteiger partial charge in [0.05, 0.1) is 27.0 Å². The summed E-state index contributed by atoms with van der Waals surface area (Å²) in [5, 5.41) is 1.01. The predicted octanol–water partition coefficient (Wildman–Crippen LogP) is 5.63.